The summed E-state index contributed by atoms with van der Waals surface area (Å²) in [6.45, 7) is 30.7. The van der Waals surface area contributed by atoms with E-state index in [0.29, 0.717) is 0 Å². The van der Waals surface area contributed by atoms with Crippen molar-refractivity contribution in [3.63, 3.8) is 0 Å². The van der Waals surface area contributed by atoms with E-state index in [-0.39, 0.29) is 0 Å². The molecule has 0 spiro atoms. The monoisotopic (exact) mass is 232 g/mol. The second-order valence-electron chi connectivity index (χ2n) is 2.18. The largest absolute Gasteiger partial charge is 0.106 e. The van der Waals surface area contributed by atoms with Gasteiger partial charge in [-0.3, -0.25) is 0 Å². The topological polar surface area (TPSA) is 0 Å². The van der Waals surface area contributed by atoms with Crippen molar-refractivity contribution in [2.24, 2.45) is 5.92 Å². The summed E-state index contributed by atoms with van der Waals surface area (Å²) in [6, 6.07) is 0. The molecule has 0 aliphatic carbocycles. The molecular weight excluding hydrogens is 192 g/mol. The van der Waals surface area contributed by atoms with Gasteiger partial charge in [-0.2, -0.15) is 0 Å². The molecule has 0 radical (unpaired) electrons. The van der Waals surface area contributed by atoms with Crippen LogP contribution in [0.1, 0.15) is 75.2 Å². The molecule has 0 fully saturated rings. The molecule has 0 bridgehead atoms. The van der Waals surface area contributed by atoms with Crippen LogP contribution >= 0.6 is 0 Å². The molecule has 0 heterocycles. The van der Waals surface area contributed by atoms with Crippen LogP contribution in [0.3, 0.4) is 0 Å². The van der Waals surface area contributed by atoms with Gasteiger partial charge < -0.3 is 0 Å². The minimum absolute atomic E-state index is 0.898. The van der Waals surface area contributed by atoms with Gasteiger partial charge >= 0.3 is 0 Å². The zero-order valence-electron chi connectivity index (χ0n) is 13.8. The van der Waals surface area contributed by atoms with Gasteiger partial charge in [-0.05, 0) is 5.92 Å². The van der Waals surface area contributed by atoms with E-state index in [2.05, 4.69) is 47.1 Å². The Balaban J connectivity index is -0.0000000214. The fraction of sp³-hybridized carbons (Fsp3) is 0.750. The smallest absolute Gasteiger partial charge is 0.0471 e. The van der Waals surface area contributed by atoms with Crippen LogP contribution in [0.2, 0.25) is 0 Å². The van der Waals surface area contributed by atoms with Crippen molar-refractivity contribution in [3.8, 4) is 0 Å². The molecule has 0 nitrogen and oxygen atoms in total. The highest BCUT2D eigenvalue weighted by Crippen LogP contribution is 2.00. The third-order valence-corrected chi connectivity index (χ3v) is 0.866. The van der Waals surface area contributed by atoms with Crippen LogP contribution in [0.15, 0.2) is 26.3 Å². The third-order valence-electron chi connectivity index (χ3n) is 0.866. The lowest BCUT2D eigenvalue weighted by molar-refractivity contribution is 0.576. The molecular formula is C16H40. The number of hydrogen-bond acceptors (Lipinski definition) is 0. The molecule has 0 N–H and O–H groups in total. The van der Waals surface area contributed by atoms with Crippen molar-refractivity contribution in [1.29, 1.82) is 0 Å². The standard InChI is InChI=1S/C6H14.3C2H6.2C2H4/c1-4-5-6(2)3;5*1-2/h6H,4-5H2,1-3H3;3*1-2H3;2*1-2H2. The quantitative estimate of drug-likeness (QED) is 0.444. The second kappa shape index (κ2) is 131. The molecule has 16 heavy (non-hydrogen) atoms. The van der Waals surface area contributed by atoms with Gasteiger partial charge in [0.1, 0.15) is 0 Å². The molecule has 0 saturated carbocycles. The molecule has 0 aromatic heterocycles. The fourth-order valence-corrected chi connectivity index (χ4v) is 0.577. The van der Waals surface area contributed by atoms with Crippen molar-refractivity contribution in [3.05, 3.63) is 26.3 Å². The summed E-state index contributed by atoms with van der Waals surface area (Å²) >= 11 is 0. The average molecular weight is 232 g/mol. The summed E-state index contributed by atoms with van der Waals surface area (Å²) < 4.78 is 0. The first-order valence-electron chi connectivity index (χ1n) is 6.77. The maximum Gasteiger partial charge on any atom is -0.0471 e. The van der Waals surface area contributed by atoms with Crippen LogP contribution in [0.25, 0.3) is 0 Å². The van der Waals surface area contributed by atoms with E-state index in [1.807, 2.05) is 41.5 Å². The van der Waals surface area contributed by atoms with E-state index in [4.69, 9.17) is 0 Å². The molecule has 0 rings (SSSR count). The first kappa shape index (κ1) is 36.1. The first-order chi connectivity index (χ1) is 7.77. The maximum absolute atomic E-state index is 3.00. The molecule has 0 aromatic carbocycles. The zero-order chi connectivity index (χ0) is 15.0. The summed E-state index contributed by atoms with van der Waals surface area (Å²) in [5.74, 6) is 0.898. The molecule has 0 unspecified atom stereocenters. The number of hydrogen-bond donors (Lipinski definition) is 0. The summed E-state index contributed by atoms with van der Waals surface area (Å²) in [5, 5.41) is 0. The van der Waals surface area contributed by atoms with Gasteiger partial charge in [0, 0.05) is 0 Å². The van der Waals surface area contributed by atoms with Crippen molar-refractivity contribution < 1.29 is 0 Å². The summed E-state index contributed by atoms with van der Waals surface area (Å²) in [5.41, 5.74) is 0. The van der Waals surface area contributed by atoms with Gasteiger partial charge in [-0.25, -0.2) is 0 Å². The molecule has 0 atom stereocenters. The Morgan fingerprint density at radius 2 is 0.875 bits per heavy atom. The predicted molar refractivity (Wildman–Crippen MR) is 86.3 cm³/mol. The highest BCUT2D eigenvalue weighted by atomic mass is 13.9. The minimum Gasteiger partial charge on any atom is -0.106 e. The summed E-state index contributed by atoms with van der Waals surface area (Å²) in [4.78, 5) is 0. The van der Waals surface area contributed by atoms with E-state index in [9.17, 15) is 0 Å². The molecule has 0 saturated heterocycles. The van der Waals surface area contributed by atoms with Crippen LogP contribution in [0.5, 0.6) is 0 Å². The fourth-order valence-electron chi connectivity index (χ4n) is 0.577. The lowest BCUT2D eigenvalue weighted by atomic mass is 10.1. The van der Waals surface area contributed by atoms with Crippen molar-refractivity contribution in [1.82, 2.24) is 0 Å². The van der Waals surface area contributed by atoms with Gasteiger partial charge in [0.05, 0.1) is 0 Å². The Bertz CT molecular complexity index is 35.3. The Hall–Kier alpha value is -0.520. The zero-order valence-corrected chi connectivity index (χ0v) is 13.8. The van der Waals surface area contributed by atoms with Crippen molar-refractivity contribution in [2.75, 3.05) is 0 Å². The molecule has 104 valence electrons. The van der Waals surface area contributed by atoms with Gasteiger partial charge in [0.15, 0.2) is 0 Å². The van der Waals surface area contributed by atoms with E-state index < -0.39 is 0 Å². The third kappa shape index (κ3) is 341. The molecule has 0 heteroatoms. The highest BCUT2D eigenvalue weighted by Gasteiger charge is 1.85. The SMILES string of the molecule is C=C.C=C.CC.CC.CC.CCCC(C)C. The maximum atomic E-state index is 3.00. The molecule has 0 aromatic rings. The van der Waals surface area contributed by atoms with E-state index in [0.717, 1.165) is 5.92 Å². The lowest BCUT2D eigenvalue weighted by Crippen LogP contribution is -1.81. The molecule has 0 aliphatic rings. The van der Waals surface area contributed by atoms with Crippen LogP contribution in [0.4, 0.5) is 0 Å². The van der Waals surface area contributed by atoms with Gasteiger partial charge in [-0.1, -0.05) is 75.2 Å². The van der Waals surface area contributed by atoms with Crippen LogP contribution in [-0.4, -0.2) is 0 Å². The van der Waals surface area contributed by atoms with E-state index >= 15 is 0 Å². The van der Waals surface area contributed by atoms with E-state index in [1.165, 1.54) is 12.8 Å². The van der Waals surface area contributed by atoms with Crippen LogP contribution < -0.4 is 0 Å². The first-order valence-corrected chi connectivity index (χ1v) is 6.77. The van der Waals surface area contributed by atoms with Gasteiger partial charge in [0.2, 0.25) is 0 Å². The van der Waals surface area contributed by atoms with Crippen LogP contribution in [-0.2, 0) is 0 Å². The van der Waals surface area contributed by atoms with Gasteiger partial charge in [-0.15, -0.1) is 26.3 Å². The lowest BCUT2D eigenvalue weighted by Gasteiger charge is -1.95. The Kier molecular flexibility index (Phi) is 296. The summed E-state index contributed by atoms with van der Waals surface area (Å²) in [7, 11) is 0. The highest BCUT2D eigenvalue weighted by molar-refractivity contribution is 4.38. The van der Waals surface area contributed by atoms with Gasteiger partial charge in [0.25, 0.3) is 0 Å². The summed E-state index contributed by atoms with van der Waals surface area (Å²) in [6.07, 6.45) is 2.71. The average Bonchev–Trinajstić information content (AvgIpc) is 2.41. The second-order valence-corrected chi connectivity index (χ2v) is 2.18. The Morgan fingerprint density at radius 3 is 0.875 bits per heavy atom. The van der Waals surface area contributed by atoms with E-state index in [1.54, 1.807) is 0 Å². The Labute approximate surface area is 108 Å². The normalized spacial score (nSPS) is 5.38. The number of rotatable bonds is 2. The predicted octanol–water partition coefficient (Wildman–Crippen LogP) is 7.13. The molecule has 0 aliphatic heterocycles. The Morgan fingerprint density at radius 1 is 0.688 bits per heavy atom. The van der Waals surface area contributed by atoms with Crippen molar-refractivity contribution in [2.45, 2.75) is 75.2 Å². The minimum atomic E-state index is 0.898. The molecule has 0 amide bonds. The van der Waals surface area contributed by atoms with Crippen LogP contribution in [0, 0.1) is 5.92 Å². The van der Waals surface area contributed by atoms with Crippen molar-refractivity contribution >= 4 is 0 Å².